The van der Waals surface area contributed by atoms with E-state index >= 15 is 0 Å². The third-order valence-electron chi connectivity index (χ3n) is 6.69. The van der Waals surface area contributed by atoms with Crippen LogP contribution in [0.15, 0.2) is 55.1 Å². The molecule has 1 heterocycles. The summed E-state index contributed by atoms with van der Waals surface area (Å²) in [5.74, 6) is 0.904. The van der Waals surface area contributed by atoms with Crippen molar-refractivity contribution in [1.82, 2.24) is 10.6 Å². The first-order valence-electron chi connectivity index (χ1n) is 11.7. The molecular formula is C27H31ClN2O4. The van der Waals surface area contributed by atoms with Gasteiger partial charge >= 0.3 is 5.97 Å². The molecule has 7 heteroatoms. The molecule has 1 fully saturated rings. The number of carbonyl (C=O) groups excluding carboxylic acids is 2. The summed E-state index contributed by atoms with van der Waals surface area (Å²) >= 11 is 6.05. The number of nitrogens with one attached hydrogen (secondary N) is 2. The van der Waals surface area contributed by atoms with Crippen LogP contribution in [0.5, 0.6) is 11.5 Å². The van der Waals surface area contributed by atoms with Crippen molar-refractivity contribution in [2.75, 3.05) is 6.61 Å². The normalized spacial score (nSPS) is 23.9. The Morgan fingerprint density at radius 1 is 1.26 bits per heavy atom. The van der Waals surface area contributed by atoms with Crippen LogP contribution in [0.3, 0.4) is 0 Å². The zero-order chi connectivity index (χ0) is 24.3. The standard InChI is InChI=1S/C27H31ClN2O4/c1-4-17(3)16-33-26(32)27(14-20(27)5-2)30-25(31)24-12-19-11-23(10-9-18(19)15-29-24)34-22-8-6-7-21(28)13-22/h5-11,13,17,20,24,29H,2,4,12,14-16H2,1,3H3,(H,30,31). The summed E-state index contributed by atoms with van der Waals surface area (Å²) < 4.78 is 11.5. The van der Waals surface area contributed by atoms with E-state index in [0.29, 0.717) is 42.5 Å². The lowest BCUT2D eigenvalue weighted by atomic mass is 9.94. The largest absolute Gasteiger partial charge is 0.464 e. The highest BCUT2D eigenvalue weighted by molar-refractivity contribution is 6.30. The number of carbonyl (C=O) groups is 2. The molecule has 180 valence electrons. The Hall–Kier alpha value is -2.83. The Kier molecular flexibility index (Phi) is 7.29. The van der Waals surface area contributed by atoms with Gasteiger partial charge in [-0.05, 0) is 60.2 Å². The number of esters is 1. The number of fused-ring (bicyclic) bond motifs is 1. The van der Waals surface area contributed by atoms with E-state index in [0.717, 1.165) is 17.5 Å². The van der Waals surface area contributed by atoms with Crippen LogP contribution in [-0.4, -0.2) is 30.1 Å². The van der Waals surface area contributed by atoms with Crippen molar-refractivity contribution >= 4 is 23.5 Å². The predicted molar refractivity (Wildman–Crippen MR) is 132 cm³/mol. The zero-order valence-corrected chi connectivity index (χ0v) is 20.4. The molecule has 6 nitrogen and oxygen atoms in total. The van der Waals surface area contributed by atoms with Gasteiger partial charge in [0.15, 0.2) is 0 Å². The average molecular weight is 483 g/mol. The van der Waals surface area contributed by atoms with Crippen LogP contribution in [0.1, 0.15) is 37.8 Å². The van der Waals surface area contributed by atoms with Crippen LogP contribution in [0.2, 0.25) is 5.02 Å². The molecular weight excluding hydrogens is 452 g/mol. The van der Waals surface area contributed by atoms with Gasteiger partial charge in [0, 0.05) is 17.5 Å². The van der Waals surface area contributed by atoms with Crippen molar-refractivity contribution in [3.05, 3.63) is 71.3 Å². The summed E-state index contributed by atoms with van der Waals surface area (Å²) in [6.07, 6.45) is 3.65. The fourth-order valence-corrected chi connectivity index (χ4v) is 4.36. The van der Waals surface area contributed by atoms with Crippen molar-refractivity contribution in [1.29, 1.82) is 0 Å². The minimum atomic E-state index is -1.01. The molecule has 34 heavy (non-hydrogen) atoms. The quantitative estimate of drug-likeness (QED) is 0.396. The summed E-state index contributed by atoms with van der Waals surface area (Å²) in [7, 11) is 0. The fourth-order valence-electron chi connectivity index (χ4n) is 4.18. The molecule has 2 N–H and O–H groups in total. The molecule has 1 amide bonds. The maximum atomic E-state index is 13.2. The fraction of sp³-hybridized carbons (Fsp3) is 0.407. The third-order valence-corrected chi connectivity index (χ3v) is 6.93. The number of amides is 1. The van der Waals surface area contributed by atoms with E-state index in [9.17, 15) is 9.59 Å². The van der Waals surface area contributed by atoms with Crippen molar-refractivity contribution in [2.45, 2.75) is 51.2 Å². The summed E-state index contributed by atoms with van der Waals surface area (Å²) in [6.45, 7) is 8.80. The third kappa shape index (κ3) is 5.29. The Morgan fingerprint density at radius 2 is 2.06 bits per heavy atom. The summed E-state index contributed by atoms with van der Waals surface area (Å²) in [6, 6.07) is 12.6. The van der Waals surface area contributed by atoms with Gasteiger partial charge in [-0.15, -0.1) is 6.58 Å². The zero-order valence-electron chi connectivity index (χ0n) is 19.6. The van der Waals surface area contributed by atoms with E-state index in [2.05, 4.69) is 24.1 Å². The highest BCUT2D eigenvalue weighted by Gasteiger charge is 2.61. The Balaban J connectivity index is 1.42. The van der Waals surface area contributed by atoms with Gasteiger partial charge in [-0.2, -0.15) is 0 Å². The number of rotatable bonds is 9. The topological polar surface area (TPSA) is 76.7 Å². The van der Waals surface area contributed by atoms with Gasteiger partial charge in [0.25, 0.3) is 0 Å². The van der Waals surface area contributed by atoms with E-state index in [1.165, 1.54) is 0 Å². The van der Waals surface area contributed by atoms with Crippen LogP contribution in [0.25, 0.3) is 0 Å². The van der Waals surface area contributed by atoms with Crippen molar-refractivity contribution in [3.63, 3.8) is 0 Å². The molecule has 1 aliphatic carbocycles. The second kappa shape index (κ2) is 10.2. The highest BCUT2D eigenvalue weighted by Crippen LogP contribution is 2.45. The van der Waals surface area contributed by atoms with Gasteiger partial charge in [0.1, 0.15) is 17.0 Å². The molecule has 2 aromatic rings. The van der Waals surface area contributed by atoms with E-state index in [-0.39, 0.29) is 23.7 Å². The van der Waals surface area contributed by atoms with Gasteiger partial charge in [0.05, 0.1) is 12.6 Å². The molecule has 4 unspecified atom stereocenters. The minimum Gasteiger partial charge on any atom is -0.464 e. The van der Waals surface area contributed by atoms with Crippen LogP contribution < -0.4 is 15.4 Å². The van der Waals surface area contributed by atoms with E-state index in [1.54, 1.807) is 18.2 Å². The predicted octanol–water partition coefficient (Wildman–Crippen LogP) is 4.80. The van der Waals surface area contributed by atoms with Crippen molar-refractivity contribution in [2.24, 2.45) is 11.8 Å². The Labute approximate surface area is 205 Å². The van der Waals surface area contributed by atoms with Gasteiger partial charge in [0.2, 0.25) is 5.91 Å². The second-order valence-corrected chi connectivity index (χ2v) is 9.68. The molecule has 0 bridgehead atoms. The first kappa shape index (κ1) is 24.3. The molecule has 1 aliphatic heterocycles. The summed E-state index contributed by atoms with van der Waals surface area (Å²) in [4.78, 5) is 26.0. The molecule has 0 spiro atoms. The van der Waals surface area contributed by atoms with Gasteiger partial charge in [-0.1, -0.05) is 50.1 Å². The number of halogens is 1. The highest BCUT2D eigenvalue weighted by atomic mass is 35.5. The molecule has 2 aromatic carbocycles. The molecule has 1 saturated carbocycles. The van der Waals surface area contributed by atoms with E-state index < -0.39 is 11.6 Å². The average Bonchev–Trinajstić information content (AvgIpc) is 3.55. The number of hydrogen-bond acceptors (Lipinski definition) is 5. The SMILES string of the molecule is C=CC1CC1(NC(=O)C1Cc2cc(Oc3cccc(Cl)c3)ccc2CN1)C(=O)OCC(C)CC. The first-order valence-corrected chi connectivity index (χ1v) is 12.1. The molecule has 4 rings (SSSR count). The maximum Gasteiger partial charge on any atom is 0.332 e. The number of benzene rings is 2. The minimum absolute atomic E-state index is 0.116. The van der Waals surface area contributed by atoms with Crippen LogP contribution >= 0.6 is 11.6 Å². The number of hydrogen-bond donors (Lipinski definition) is 2. The lowest BCUT2D eigenvalue weighted by molar-refractivity contribution is -0.151. The number of ether oxygens (including phenoxy) is 2. The lowest BCUT2D eigenvalue weighted by Gasteiger charge is -2.28. The summed E-state index contributed by atoms with van der Waals surface area (Å²) in [5, 5.41) is 6.87. The van der Waals surface area contributed by atoms with E-state index in [4.69, 9.17) is 21.1 Å². The Bertz CT molecular complexity index is 1090. The smallest absolute Gasteiger partial charge is 0.332 e. The van der Waals surface area contributed by atoms with Crippen molar-refractivity contribution < 1.29 is 19.1 Å². The summed E-state index contributed by atoms with van der Waals surface area (Å²) in [5.41, 5.74) is 1.13. The van der Waals surface area contributed by atoms with Crippen LogP contribution in [0.4, 0.5) is 0 Å². The van der Waals surface area contributed by atoms with Crippen molar-refractivity contribution in [3.8, 4) is 11.5 Å². The van der Waals surface area contributed by atoms with Gasteiger partial charge in [-0.25, -0.2) is 4.79 Å². The van der Waals surface area contributed by atoms with Crippen LogP contribution in [-0.2, 0) is 27.3 Å². The molecule has 0 radical (unpaired) electrons. The first-order chi connectivity index (χ1) is 16.3. The Morgan fingerprint density at radius 3 is 2.76 bits per heavy atom. The molecule has 2 aliphatic rings. The molecule has 4 atom stereocenters. The van der Waals surface area contributed by atoms with E-state index in [1.807, 2.05) is 37.3 Å². The van der Waals surface area contributed by atoms with Crippen LogP contribution in [0, 0.1) is 11.8 Å². The maximum absolute atomic E-state index is 13.2. The molecule has 0 saturated heterocycles. The van der Waals surface area contributed by atoms with Gasteiger partial charge in [-0.3, -0.25) is 4.79 Å². The van der Waals surface area contributed by atoms with Gasteiger partial charge < -0.3 is 20.1 Å². The second-order valence-electron chi connectivity index (χ2n) is 9.25. The molecule has 0 aromatic heterocycles. The lowest BCUT2D eigenvalue weighted by Crippen LogP contribution is -2.54. The monoisotopic (exact) mass is 482 g/mol.